The lowest BCUT2D eigenvalue weighted by Gasteiger charge is -2.14. The molecule has 0 saturated heterocycles. The zero-order valence-corrected chi connectivity index (χ0v) is 11.1. The monoisotopic (exact) mass is 278 g/mol. The Kier molecular flexibility index (Phi) is 3.40. The predicted molar refractivity (Wildman–Crippen MR) is 73.2 cm³/mol. The van der Waals surface area contributed by atoms with Crippen LogP contribution in [0.4, 0.5) is 5.69 Å². The fraction of sp³-hybridized carbons (Fsp3) is 0.154. The van der Waals surface area contributed by atoms with Gasteiger partial charge in [-0.1, -0.05) is 11.6 Å². The number of hydrogen-bond donors (Lipinski definition) is 0. The highest BCUT2D eigenvalue weighted by Gasteiger charge is 2.14. The SMILES string of the molecule is Cc1cc(=O)cc(C)n1-c1ccc(Cl)c([N+](=O)[O-])c1. The van der Waals surface area contributed by atoms with Gasteiger partial charge in [-0.3, -0.25) is 14.9 Å². The van der Waals surface area contributed by atoms with Crippen LogP contribution in [0.25, 0.3) is 5.69 Å². The fourth-order valence-electron chi connectivity index (χ4n) is 2.05. The third-order valence-corrected chi connectivity index (χ3v) is 3.11. The summed E-state index contributed by atoms with van der Waals surface area (Å²) in [7, 11) is 0. The summed E-state index contributed by atoms with van der Waals surface area (Å²) in [5.74, 6) is 0. The molecule has 0 amide bonds. The van der Waals surface area contributed by atoms with Gasteiger partial charge in [-0.05, 0) is 26.0 Å². The predicted octanol–water partition coefficient (Wildman–Crippen LogP) is 3.02. The van der Waals surface area contributed by atoms with E-state index in [4.69, 9.17) is 11.6 Å². The quantitative estimate of drug-likeness (QED) is 0.626. The van der Waals surface area contributed by atoms with Crippen LogP contribution in [0.15, 0.2) is 35.1 Å². The molecule has 6 heteroatoms. The van der Waals surface area contributed by atoms with Gasteiger partial charge in [0.15, 0.2) is 5.43 Å². The molecule has 1 aromatic carbocycles. The molecule has 2 aromatic rings. The molecule has 0 fully saturated rings. The highest BCUT2D eigenvalue weighted by atomic mass is 35.5. The molecule has 5 nitrogen and oxygen atoms in total. The number of hydrogen-bond acceptors (Lipinski definition) is 3. The summed E-state index contributed by atoms with van der Waals surface area (Å²) in [6, 6.07) is 7.51. The van der Waals surface area contributed by atoms with E-state index in [1.165, 1.54) is 24.3 Å². The third-order valence-electron chi connectivity index (χ3n) is 2.79. The fourth-order valence-corrected chi connectivity index (χ4v) is 2.23. The van der Waals surface area contributed by atoms with Crippen LogP contribution in [0.5, 0.6) is 0 Å². The summed E-state index contributed by atoms with van der Waals surface area (Å²) in [6.07, 6.45) is 0. The molecule has 0 saturated carbocycles. The van der Waals surface area contributed by atoms with Gasteiger partial charge in [0.25, 0.3) is 5.69 Å². The van der Waals surface area contributed by atoms with Crippen LogP contribution in [-0.4, -0.2) is 9.49 Å². The van der Waals surface area contributed by atoms with E-state index < -0.39 is 4.92 Å². The number of aromatic nitrogens is 1. The van der Waals surface area contributed by atoms with E-state index >= 15 is 0 Å². The molecule has 0 N–H and O–H groups in total. The first-order valence-corrected chi connectivity index (χ1v) is 5.92. The highest BCUT2D eigenvalue weighted by Crippen LogP contribution is 2.27. The maximum atomic E-state index is 11.4. The van der Waals surface area contributed by atoms with E-state index in [0.29, 0.717) is 17.1 Å². The molecule has 0 aliphatic rings. The third kappa shape index (κ3) is 2.51. The van der Waals surface area contributed by atoms with Gasteiger partial charge in [-0.25, -0.2) is 0 Å². The van der Waals surface area contributed by atoms with Crippen LogP contribution in [0.3, 0.4) is 0 Å². The number of nitrogens with zero attached hydrogens (tertiary/aromatic N) is 2. The van der Waals surface area contributed by atoms with Crippen molar-refractivity contribution in [2.24, 2.45) is 0 Å². The molecule has 0 bridgehead atoms. The lowest BCUT2D eigenvalue weighted by molar-refractivity contribution is -0.384. The van der Waals surface area contributed by atoms with Gasteiger partial charge in [0.2, 0.25) is 0 Å². The maximum absolute atomic E-state index is 11.4. The molecule has 0 aliphatic heterocycles. The molecule has 98 valence electrons. The first-order chi connectivity index (χ1) is 8.90. The molecule has 0 atom stereocenters. The van der Waals surface area contributed by atoms with Gasteiger partial charge >= 0.3 is 0 Å². The average Bonchev–Trinajstić information content (AvgIpc) is 2.29. The van der Waals surface area contributed by atoms with Crippen molar-refractivity contribution >= 4 is 17.3 Å². The van der Waals surface area contributed by atoms with Gasteiger partial charge in [0.05, 0.1) is 10.6 Å². The normalized spacial score (nSPS) is 10.5. The zero-order valence-electron chi connectivity index (χ0n) is 10.4. The Balaban J connectivity index is 2.70. The molecule has 0 aliphatic carbocycles. The Bertz CT molecular complexity index is 696. The van der Waals surface area contributed by atoms with Gasteiger partial charge in [-0.15, -0.1) is 0 Å². The van der Waals surface area contributed by atoms with Crippen LogP contribution in [0.2, 0.25) is 5.02 Å². The average molecular weight is 279 g/mol. The minimum absolute atomic E-state index is 0.0881. The van der Waals surface area contributed by atoms with E-state index in [0.717, 1.165) is 0 Å². The molecule has 0 radical (unpaired) electrons. The number of pyridine rings is 1. The summed E-state index contributed by atoms with van der Waals surface area (Å²) < 4.78 is 1.77. The minimum atomic E-state index is -0.529. The van der Waals surface area contributed by atoms with Crippen LogP contribution in [-0.2, 0) is 0 Å². The van der Waals surface area contributed by atoms with Gasteiger partial charge in [-0.2, -0.15) is 0 Å². The molecular formula is C13H11ClN2O3. The highest BCUT2D eigenvalue weighted by molar-refractivity contribution is 6.32. The van der Waals surface area contributed by atoms with Gasteiger partial charge in [0, 0.05) is 29.6 Å². The van der Waals surface area contributed by atoms with Crippen molar-refractivity contribution in [3.63, 3.8) is 0 Å². The van der Waals surface area contributed by atoms with Crippen LogP contribution < -0.4 is 5.43 Å². The number of halogens is 1. The second-order valence-corrected chi connectivity index (χ2v) is 4.61. The number of nitro benzene ring substituents is 1. The van der Waals surface area contributed by atoms with Crippen molar-refractivity contribution in [3.05, 3.63) is 67.1 Å². The smallest absolute Gasteiger partial charge is 0.289 e. The second kappa shape index (κ2) is 4.85. The summed E-state index contributed by atoms with van der Waals surface area (Å²) in [4.78, 5) is 21.7. The molecule has 19 heavy (non-hydrogen) atoms. The van der Waals surface area contributed by atoms with Crippen molar-refractivity contribution < 1.29 is 4.92 Å². The maximum Gasteiger partial charge on any atom is 0.289 e. The Labute approximate surface area is 114 Å². The number of nitro groups is 1. The molecule has 0 unspecified atom stereocenters. The largest absolute Gasteiger partial charge is 0.318 e. The summed E-state index contributed by atoms with van der Waals surface area (Å²) in [6.45, 7) is 3.55. The number of aryl methyl sites for hydroxylation is 2. The van der Waals surface area contributed by atoms with E-state index in [9.17, 15) is 14.9 Å². The van der Waals surface area contributed by atoms with Crippen molar-refractivity contribution in [2.45, 2.75) is 13.8 Å². The summed E-state index contributed by atoms with van der Waals surface area (Å²) in [5, 5.41) is 11.0. The molecule has 1 heterocycles. The topological polar surface area (TPSA) is 65.1 Å². The summed E-state index contributed by atoms with van der Waals surface area (Å²) >= 11 is 5.78. The molecular weight excluding hydrogens is 268 g/mol. The number of benzene rings is 1. The lowest BCUT2D eigenvalue weighted by atomic mass is 10.2. The first-order valence-electron chi connectivity index (χ1n) is 5.55. The van der Waals surface area contributed by atoms with Crippen molar-refractivity contribution in [3.8, 4) is 5.69 Å². The molecule has 2 rings (SSSR count). The first kappa shape index (κ1) is 13.3. The van der Waals surface area contributed by atoms with Crippen LogP contribution in [0, 0.1) is 24.0 Å². The van der Waals surface area contributed by atoms with Gasteiger partial charge < -0.3 is 4.57 Å². The Morgan fingerprint density at radius 2 is 1.74 bits per heavy atom. The molecule has 0 spiro atoms. The Morgan fingerprint density at radius 1 is 1.16 bits per heavy atom. The van der Waals surface area contributed by atoms with Crippen molar-refractivity contribution in [2.75, 3.05) is 0 Å². The lowest BCUT2D eigenvalue weighted by Crippen LogP contribution is -2.11. The van der Waals surface area contributed by atoms with E-state index in [2.05, 4.69) is 0 Å². The van der Waals surface area contributed by atoms with Crippen molar-refractivity contribution in [1.29, 1.82) is 0 Å². The van der Waals surface area contributed by atoms with Crippen molar-refractivity contribution in [1.82, 2.24) is 4.57 Å². The van der Waals surface area contributed by atoms with E-state index in [1.54, 1.807) is 24.5 Å². The molecule has 1 aromatic heterocycles. The van der Waals surface area contributed by atoms with Crippen LogP contribution >= 0.6 is 11.6 Å². The second-order valence-electron chi connectivity index (χ2n) is 4.20. The van der Waals surface area contributed by atoms with E-state index in [1.807, 2.05) is 0 Å². The van der Waals surface area contributed by atoms with Gasteiger partial charge in [0.1, 0.15) is 5.02 Å². The standard InChI is InChI=1S/C13H11ClN2O3/c1-8-5-11(17)6-9(2)15(8)10-3-4-12(14)13(7-10)16(18)19/h3-7H,1-2H3. The number of rotatable bonds is 2. The minimum Gasteiger partial charge on any atom is -0.318 e. The summed E-state index contributed by atoms with van der Waals surface area (Å²) in [5.41, 5.74) is 1.78. The van der Waals surface area contributed by atoms with E-state index in [-0.39, 0.29) is 16.1 Å². The Morgan fingerprint density at radius 3 is 2.26 bits per heavy atom. The Hall–Kier alpha value is -2.14. The zero-order chi connectivity index (χ0) is 14.2. The van der Waals surface area contributed by atoms with Crippen LogP contribution in [0.1, 0.15) is 11.4 Å².